The van der Waals surface area contributed by atoms with Gasteiger partial charge in [-0.15, -0.1) is 0 Å². The number of alkyl halides is 3. The van der Waals surface area contributed by atoms with Gasteiger partial charge < -0.3 is 19.9 Å². The lowest BCUT2D eigenvalue weighted by Gasteiger charge is -2.36. The van der Waals surface area contributed by atoms with E-state index in [4.69, 9.17) is 4.98 Å². The number of aryl methyl sites for hydroxylation is 1. The van der Waals surface area contributed by atoms with Gasteiger partial charge in [0.2, 0.25) is 5.91 Å². The van der Waals surface area contributed by atoms with Gasteiger partial charge in [-0.3, -0.25) is 4.79 Å². The Morgan fingerprint density at radius 2 is 2.00 bits per heavy atom. The number of anilines is 2. The first-order valence-electron chi connectivity index (χ1n) is 10.9. The fraction of sp³-hybridized carbons (Fsp3) is 0.619. The Morgan fingerprint density at radius 3 is 2.66 bits per heavy atom. The number of nitrogens with one attached hydrogen (secondary N) is 1. The van der Waals surface area contributed by atoms with Crippen molar-refractivity contribution in [1.82, 2.24) is 19.5 Å². The van der Waals surface area contributed by atoms with Crippen LogP contribution in [0.2, 0.25) is 0 Å². The number of aromatic nitrogens is 4. The van der Waals surface area contributed by atoms with Crippen molar-refractivity contribution in [2.45, 2.75) is 63.6 Å². The van der Waals surface area contributed by atoms with Gasteiger partial charge in [0.05, 0.1) is 23.8 Å². The maximum absolute atomic E-state index is 13.7. The predicted molar refractivity (Wildman–Crippen MR) is 112 cm³/mol. The van der Waals surface area contributed by atoms with Crippen LogP contribution in [0.15, 0.2) is 12.5 Å². The minimum atomic E-state index is -4.56. The predicted octanol–water partition coefficient (Wildman–Crippen LogP) is 2.99. The fourth-order valence-corrected chi connectivity index (χ4v) is 4.63. The number of carbonyl (C=O) groups excluding carboxylic acids is 1. The van der Waals surface area contributed by atoms with E-state index in [2.05, 4.69) is 22.2 Å². The minimum Gasteiger partial charge on any atom is -0.395 e. The van der Waals surface area contributed by atoms with Crippen molar-refractivity contribution in [3.05, 3.63) is 29.6 Å². The lowest BCUT2D eigenvalue weighted by Crippen LogP contribution is -2.38. The van der Waals surface area contributed by atoms with Crippen molar-refractivity contribution >= 4 is 17.5 Å². The molecule has 1 fully saturated rings. The zero-order valence-corrected chi connectivity index (χ0v) is 17.9. The number of imidazole rings is 1. The van der Waals surface area contributed by atoms with Crippen molar-refractivity contribution in [3.8, 4) is 0 Å². The Hall–Kier alpha value is -2.69. The van der Waals surface area contributed by atoms with Crippen LogP contribution in [0.25, 0.3) is 0 Å². The van der Waals surface area contributed by atoms with E-state index < -0.39 is 24.4 Å². The summed E-state index contributed by atoms with van der Waals surface area (Å²) in [5.74, 6) is -1.35. The molecule has 0 spiro atoms. The molecule has 0 bridgehead atoms. The number of aliphatic hydroxyl groups is 1. The maximum Gasteiger partial charge on any atom is 0.396 e. The van der Waals surface area contributed by atoms with Crippen molar-refractivity contribution in [2.24, 2.45) is 0 Å². The minimum absolute atomic E-state index is 0.0192. The topological polar surface area (TPSA) is 96.2 Å². The molecule has 0 aromatic carbocycles. The third-order valence-corrected chi connectivity index (χ3v) is 6.12. The second-order valence-corrected chi connectivity index (χ2v) is 8.32. The number of nitrogens with zero attached hydrogens (tertiary/aromatic N) is 5. The third-order valence-electron chi connectivity index (χ3n) is 6.12. The van der Waals surface area contributed by atoms with E-state index in [1.807, 2.05) is 15.7 Å². The molecule has 2 aliphatic rings. The molecule has 2 N–H and O–H groups in total. The average molecular weight is 452 g/mol. The molecule has 8 nitrogen and oxygen atoms in total. The summed E-state index contributed by atoms with van der Waals surface area (Å²) in [6.45, 7) is 3.61. The Morgan fingerprint density at radius 1 is 1.25 bits per heavy atom. The van der Waals surface area contributed by atoms with Crippen molar-refractivity contribution < 1.29 is 23.1 Å². The lowest BCUT2D eigenvalue weighted by molar-refractivity contribution is -0.156. The van der Waals surface area contributed by atoms with Gasteiger partial charge in [0.15, 0.2) is 0 Å². The largest absolute Gasteiger partial charge is 0.396 e. The third kappa shape index (κ3) is 4.43. The Labute approximate surface area is 183 Å². The summed E-state index contributed by atoms with van der Waals surface area (Å²) in [5, 5.41) is 11.9. The quantitative estimate of drug-likeness (QED) is 0.700. The number of rotatable bonds is 6. The number of piperidine rings is 1. The average Bonchev–Trinajstić information content (AvgIpc) is 3.15. The summed E-state index contributed by atoms with van der Waals surface area (Å²) < 4.78 is 43.2. The normalized spacial score (nSPS) is 19.7. The molecule has 1 atom stereocenters. The van der Waals surface area contributed by atoms with Gasteiger partial charge in [0, 0.05) is 38.2 Å². The zero-order chi connectivity index (χ0) is 22.9. The van der Waals surface area contributed by atoms with Crippen LogP contribution in [-0.2, 0) is 17.8 Å². The summed E-state index contributed by atoms with van der Waals surface area (Å²) in [4.78, 5) is 26.5. The number of halogens is 3. The van der Waals surface area contributed by atoms with E-state index in [0.29, 0.717) is 32.5 Å². The van der Waals surface area contributed by atoms with Crippen LogP contribution in [0.3, 0.4) is 0 Å². The highest BCUT2D eigenvalue weighted by molar-refractivity contribution is 5.94. The highest BCUT2D eigenvalue weighted by Crippen LogP contribution is 2.46. The number of aliphatic hydroxyl groups excluding tert-OH is 1. The van der Waals surface area contributed by atoms with Gasteiger partial charge in [-0.1, -0.05) is 13.3 Å². The summed E-state index contributed by atoms with van der Waals surface area (Å²) >= 11 is 0. The van der Waals surface area contributed by atoms with Crippen molar-refractivity contribution in [3.63, 3.8) is 0 Å². The van der Waals surface area contributed by atoms with Crippen molar-refractivity contribution in [2.75, 3.05) is 29.9 Å². The first kappa shape index (κ1) is 22.5. The van der Waals surface area contributed by atoms with Gasteiger partial charge in [-0.05, 0) is 19.3 Å². The van der Waals surface area contributed by atoms with E-state index in [9.17, 15) is 23.1 Å². The SMILES string of the molecule is CCCc1cn(CCO)c(C2CCN(c3ncnc4c3C(C(F)(F)F)CC(=O)N4)CC2)n1. The summed E-state index contributed by atoms with van der Waals surface area (Å²) in [7, 11) is 0. The van der Waals surface area contributed by atoms with Crippen LogP contribution in [0.4, 0.5) is 24.8 Å². The van der Waals surface area contributed by atoms with Crippen LogP contribution < -0.4 is 10.2 Å². The van der Waals surface area contributed by atoms with Crippen LogP contribution in [0.5, 0.6) is 0 Å². The number of hydrogen-bond donors (Lipinski definition) is 2. The fourth-order valence-electron chi connectivity index (χ4n) is 4.63. The summed E-state index contributed by atoms with van der Waals surface area (Å²) in [6, 6.07) is 0. The molecule has 0 aliphatic carbocycles. The molecule has 2 aromatic heterocycles. The molecule has 11 heteroatoms. The second-order valence-electron chi connectivity index (χ2n) is 8.32. The summed E-state index contributed by atoms with van der Waals surface area (Å²) in [5.41, 5.74) is 0.942. The molecule has 1 amide bonds. The first-order valence-corrected chi connectivity index (χ1v) is 10.9. The molecule has 174 valence electrons. The number of fused-ring (bicyclic) bond motifs is 1. The molecule has 2 aromatic rings. The van der Waals surface area contributed by atoms with E-state index in [-0.39, 0.29) is 29.7 Å². The molecule has 1 saturated heterocycles. The molecule has 1 unspecified atom stereocenters. The zero-order valence-electron chi connectivity index (χ0n) is 17.9. The molecule has 0 saturated carbocycles. The standard InChI is InChI=1S/C21H27F3N6O2/c1-2-3-14-11-30(8-9-31)19(27-14)13-4-6-29(7-5-13)20-17-15(21(22,23)24)10-16(32)28-18(17)25-12-26-20/h11-13,15,31H,2-10H2,1H3,(H,25,26,28,32). The molecular formula is C21H27F3N6O2. The van der Waals surface area contributed by atoms with Crippen LogP contribution in [0.1, 0.15) is 61.5 Å². The Kier molecular flexibility index (Phi) is 6.36. The molecular weight excluding hydrogens is 425 g/mol. The van der Waals surface area contributed by atoms with Gasteiger partial charge in [-0.2, -0.15) is 13.2 Å². The molecule has 32 heavy (non-hydrogen) atoms. The second kappa shape index (κ2) is 9.05. The first-order chi connectivity index (χ1) is 15.3. The Balaban J connectivity index is 1.56. The van der Waals surface area contributed by atoms with E-state index in [1.54, 1.807) is 0 Å². The van der Waals surface area contributed by atoms with Crippen molar-refractivity contribution in [1.29, 1.82) is 0 Å². The number of amides is 1. The van der Waals surface area contributed by atoms with E-state index >= 15 is 0 Å². The highest BCUT2D eigenvalue weighted by Gasteiger charge is 2.48. The molecule has 2 aliphatic heterocycles. The lowest BCUT2D eigenvalue weighted by atomic mass is 9.90. The molecule has 4 rings (SSSR count). The number of carbonyl (C=O) groups is 1. The molecule has 4 heterocycles. The molecule has 0 radical (unpaired) electrons. The van der Waals surface area contributed by atoms with Crippen LogP contribution in [-0.4, -0.2) is 56.4 Å². The van der Waals surface area contributed by atoms with Crippen LogP contribution in [0, 0.1) is 0 Å². The monoisotopic (exact) mass is 452 g/mol. The number of hydrogen-bond acceptors (Lipinski definition) is 6. The van der Waals surface area contributed by atoms with Gasteiger partial charge in [0.25, 0.3) is 0 Å². The van der Waals surface area contributed by atoms with Gasteiger partial charge in [0.1, 0.15) is 23.8 Å². The van der Waals surface area contributed by atoms with Crippen LogP contribution >= 0.6 is 0 Å². The smallest absolute Gasteiger partial charge is 0.395 e. The van der Waals surface area contributed by atoms with Gasteiger partial charge in [-0.25, -0.2) is 15.0 Å². The van der Waals surface area contributed by atoms with E-state index in [0.717, 1.165) is 24.4 Å². The Bertz CT molecular complexity index is 969. The van der Waals surface area contributed by atoms with Gasteiger partial charge >= 0.3 is 6.18 Å². The maximum atomic E-state index is 13.7. The van der Waals surface area contributed by atoms with E-state index in [1.165, 1.54) is 6.33 Å². The highest BCUT2D eigenvalue weighted by atomic mass is 19.4. The summed E-state index contributed by atoms with van der Waals surface area (Å²) in [6.07, 6.45) is 1.21.